The minimum atomic E-state index is -0.244. The van der Waals surface area contributed by atoms with Crippen LogP contribution in [0.5, 0.6) is 5.75 Å². The predicted octanol–water partition coefficient (Wildman–Crippen LogP) is 5.97. The first-order valence-electron chi connectivity index (χ1n) is 7.49. The molecule has 2 N–H and O–H groups in total. The normalized spacial score (nSPS) is 10.3. The number of hydrogen-bond donors (Lipinski definition) is 2. The van der Waals surface area contributed by atoms with Crippen LogP contribution in [-0.4, -0.2) is 17.6 Å². The Labute approximate surface area is 176 Å². The van der Waals surface area contributed by atoms with E-state index in [2.05, 4.69) is 10.6 Å². The van der Waals surface area contributed by atoms with E-state index < -0.39 is 0 Å². The number of carbonyl (C=O) groups excluding carboxylic acids is 1. The number of thiocarbonyl (C=S) groups is 1. The van der Waals surface area contributed by atoms with E-state index in [0.717, 1.165) is 0 Å². The number of hydrogen-bond acceptors (Lipinski definition) is 3. The van der Waals surface area contributed by atoms with Crippen LogP contribution in [0.4, 0.5) is 5.69 Å². The molecule has 0 fully saturated rings. The van der Waals surface area contributed by atoms with Gasteiger partial charge in [0.05, 0.1) is 27.4 Å². The smallest absolute Gasteiger partial charge is 0.226 e. The number of anilines is 1. The molecule has 2 aromatic rings. The van der Waals surface area contributed by atoms with Gasteiger partial charge in [0.2, 0.25) is 5.91 Å². The highest BCUT2D eigenvalue weighted by Gasteiger charge is 2.09. The monoisotopic (exact) mass is 450 g/mol. The number of rotatable bonds is 6. The van der Waals surface area contributed by atoms with Crippen LogP contribution in [0.25, 0.3) is 0 Å². The topological polar surface area (TPSA) is 50.4 Å². The average Bonchev–Trinajstić information content (AvgIpc) is 2.57. The van der Waals surface area contributed by atoms with E-state index in [1.807, 2.05) is 0 Å². The van der Waals surface area contributed by atoms with Gasteiger partial charge in [0.1, 0.15) is 5.75 Å². The van der Waals surface area contributed by atoms with Crippen molar-refractivity contribution in [1.82, 2.24) is 5.32 Å². The molecule has 0 bridgehead atoms. The number of ether oxygens (including phenoxy) is 1. The van der Waals surface area contributed by atoms with Crippen molar-refractivity contribution in [3.63, 3.8) is 0 Å². The van der Waals surface area contributed by atoms with Gasteiger partial charge in [0, 0.05) is 11.4 Å². The summed E-state index contributed by atoms with van der Waals surface area (Å²) in [6, 6.07) is 10.0. The SMILES string of the molecule is O=C(CCCOc1ccc(Cl)cc1Cl)NC(=S)Nc1cccc(Cl)c1Cl. The van der Waals surface area contributed by atoms with E-state index in [1.54, 1.807) is 36.4 Å². The van der Waals surface area contributed by atoms with Gasteiger partial charge < -0.3 is 15.4 Å². The third kappa shape index (κ3) is 6.49. The highest BCUT2D eigenvalue weighted by atomic mass is 35.5. The van der Waals surface area contributed by atoms with Crippen molar-refractivity contribution in [1.29, 1.82) is 0 Å². The molecule has 0 saturated heterocycles. The summed E-state index contributed by atoms with van der Waals surface area (Å²) in [6.07, 6.45) is 0.724. The van der Waals surface area contributed by atoms with Gasteiger partial charge >= 0.3 is 0 Å². The summed E-state index contributed by atoms with van der Waals surface area (Å²) in [5, 5.41) is 7.22. The maximum Gasteiger partial charge on any atom is 0.226 e. The van der Waals surface area contributed by atoms with Crippen molar-refractivity contribution in [2.75, 3.05) is 11.9 Å². The molecule has 9 heteroatoms. The highest BCUT2D eigenvalue weighted by molar-refractivity contribution is 7.80. The zero-order valence-corrected chi connectivity index (χ0v) is 17.2. The van der Waals surface area contributed by atoms with Crippen LogP contribution >= 0.6 is 58.6 Å². The molecule has 0 unspecified atom stereocenters. The van der Waals surface area contributed by atoms with Gasteiger partial charge in [-0.05, 0) is 49.0 Å². The second-order valence-electron chi connectivity index (χ2n) is 5.13. The molecule has 0 aromatic heterocycles. The molecule has 0 heterocycles. The fourth-order valence-electron chi connectivity index (χ4n) is 1.95. The molecular formula is C17H14Cl4N2O2S. The van der Waals surface area contributed by atoms with Crippen LogP contribution in [0.2, 0.25) is 20.1 Å². The summed E-state index contributed by atoms with van der Waals surface area (Å²) in [4.78, 5) is 11.9. The van der Waals surface area contributed by atoms with Gasteiger partial charge in [-0.1, -0.05) is 52.5 Å². The number of amides is 1. The minimum absolute atomic E-state index is 0.140. The summed E-state index contributed by atoms with van der Waals surface area (Å²) >= 11 is 28.9. The van der Waals surface area contributed by atoms with Crippen LogP contribution in [0.1, 0.15) is 12.8 Å². The van der Waals surface area contributed by atoms with Crippen molar-refractivity contribution in [2.45, 2.75) is 12.8 Å². The number of nitrogens with one attached hydrogen (secondary N) is 2. The molecule has 0 saturated carbocycles. The van der Waals surface area contributed by atoms with Gasteiger partial charge in [-0.2, -0.15) is 0 Å². The zero-order valence-electron chi connectivity index (χ0n) is 13.3. The Bertz CT molecular complexity index is 817. The van der Waals surface area contributed by atoms with Gasteiger partial charge in [0.25, 0.3) is 0 Å². The van der Waals surface area contributed by atoms with E-state index in [1.165, 1.54) is 0 Å². The first-order valence-corrected chi connectivity index (χ1v) is 9.41. The predicted molar refractivity (Wildman–Crippen MR) is 112 cm³/mol. The van der Waals surface area contributed by atoms with E-state index in [-0.39, 0.29) is 17.4 Å². The minimum Gasteiger partial charge on any atom is -0.492 e. The lowest BCUT2D eigenvalue weighted by atomic mass is 10.3. The molecule has 0 atom stereocenters. The Hall–Kier alpha value is -1.24. The Morgan fingerprint density at radius 3 is 2.58 bits per heavy atom. The number of halogens is 4. The molecular weight excluding hydrogens is 438 g/mol. The van der Waals surface area contributed by atoms with Gasteiger partial charge in [-0.25, -0.2) is 0 Å². The molecule has 138 valence electrons. The lowest BCUT2D eigenvalue weighted by molar-refractivity contribution is -0.119. The van der Waals surface area contributed by atoms with Crippen LogP contribution in [0.15, 0.2) is 36.4 Å². The lowest BCUT2D eigenvalue weighted by Crippen LogP contribution is -2.34. The Morgan fingerprint density at radius 2 is 1.85 bits per heavy atom. The summed E-state index contributed by atoms with van der Waals surface area (Å²) in [6.45, 7) is 0.328. The van der Waals surface area contributed by atoms with Crippen molar-refractivity contribution >= 4 is 75.3 Å². The summed E-state index contributed by atoms with van der Waals surface area (Å²) in [5.74, 6) is 0.274. The van der Waals surface area contributed by atoms with Crippen molar-refractivity contribution < 1.29 is 9.53 Å². The quantitative estimate of drug-likeness (QED) is 0.419. The Kier molecular flexibility index (Phi) is 8.25. The maximum atomic E-state index is 11.9. The van der Waals surface area contributed by atoms with E-state index in [0.29, 0.717) is 44.6 Å². The molecule has 0 aliphatic heterocycles. The van der Waals surface area contributed by atoms with E-state index in [9.17, 15) is 4.79 Å². The number of benzene rings is 2. The fourth-order valence-corrected chi connectivity index (χ4v) is 2.98. The molecule has 2 aromatic carbocycles. The maximum absolute atomic E-state index is 11.9. The Balaban J connectivity index is 1.73. The lowest BCUT2D eigenvalue weighted by Gasteiger charge is -2.12. The molecule has 0 radical (unpaired) electrons. The van der Waals surface area contributed by atoms with Crippen molar-refractivity contribution in [3.05, 3.63) is 56.5 Å². The van der Waals surface area contributed by atoms with Crippen LogP contribution < -0.4 is 15.4 Å². The van der Waals surface area contributed by atoms with Crippen LogP contribution in [0, 0.1) is 0 Å². The summed E-state index contributed by atoms with van der Waals surface area (Å²) in [5.41, 5.74) is 0.519. The third-order valence-electron chi connectivity index (χ3n) is 3.15. The van der Waals surface area contributed by atoms with E-state index >= 15 is 0 Å². The van der Waals surface area contributed by atoms with Gasteiger partial charge in [-0.15, -0.1) is 0 Å². The third-order valence-corrected chi connectivity index (χ3v) is 4.71. The molecule has 26 heavy (non-hydrogen) atoms. The standard InChI is InChI=1S/C17H14Cl4N2O2S/c18-10-6-7-14(12(20)9-10)25-8-2-5-15(24)23-17(26)22-13-4-1-3-11(19)16(13)21/h1,3-4,6-7,9H,2,5,8H2,(H2,22,23,24,26). The van der Waals surface area contributed by atoms with Gasteiger partial charge in [-0.3, -0.25) is 4.79 Å². The van der Waals surface area contributed by atoms with Gasteiger partial charge in [0.15, 0.2) is 5.11 Å². The summed E-state index contributed by atoms with van der Waals surface area (Å²) < 4.78 is 5.52. The molecule has 0 aliphatic rings. The molecule has 1 amide bonds. The second kappa shape index (κ2) is 10.2. The molecule has 0 spiro atoms. The highest BCUT2D eigenvalue weighted by Crippen LogP contribution is 2.29. The van der Waals surface area contributed by atoms with Crippen LogP contribution in [0.3, 0.4) is 0 Å². The second-order valence-corrected chi connectivity index (χ2v) is 7.17. The first-order chi connectivity index (χ1) is 12.4. The fraction of sp³-hybridized carbons (Fsp3) is 0.176. The summed E-state index contributed by atoms with van der Waals surface area (Å²) in [7, 11) is 0. The van der Waals surface area contributed by atoms with Crippen molar-refractivity contribution in [2.24, 2.45) is 0 Å². The largest absolute Gasteiger partial charge is 0.492 e. The van der Waals surface area contributed by atoms with Crippen molar-refractivity contribution in [3.8, 4) is 5.75 Å². The number of carbonyl (C=O) groups is 1. The average molecular weight is 452 g/mol. The van der Waals surface area contributed by atoms with E-state index in [4.69, 9.17) is 63.4 Å². The molecule has 0 aliphatic carbocycles. The molecule has 2 rings (SSSR count). The zero-order chi connectivity index (χ0) is 19.1. The Morgan fingerprint density at radius 1 is 1.08 bits per heavy atom. The molecule has 4 nitrogen and oxygen atoms in total. The first kappa shape index (κ1) is 21.1. The van der Waals surface area contributed by atoms with Crippen LogP contribution in [-0.2, 0) is 4.79 Å².